The number of halogens is 3. The zero-order valence-corrected chi connectivity index (χ0v) is 13.9. The maximum Gasteiger partial charge on any atom is 0.226 e. The molecule has 0 aromatic heterocycles. The zero-order chi connectivity index (χ0) is 15.3. The molecule has 0 saturated carbocycles. The molecule has 0 aliphatic rings. The van der Waals surface area contributed by atoms with Gasteiger partial charge in [0, 0.05) is 5.88 Å². The molecule has 1 unspecified atom stereocenters. The van der Waals surface area contributed by atoms with Crippen molar-refractivity contribution < 1.29 is 9.53 Å². The van der Waals surface area contributed by atoms with Crippen LogP contribution in [0.15, 0.2) is 18.2 Å². The highest BCUT2D eigenvalue weighted by Crippen LogP contribution is 2.32. The number of nitrogens with one attached hydrogen (secondary N) is 1. The average molecular weight is 339 g/mol. The minimum absolute atomic E-state index is 0.111. The lowest BCUT2D eigenvalue weighted by atomic mass is 9.95. The summed E-state index contributed by atoms with van der Waals surface area (Å²) in [5, 5.41) is 3.61. The SMILES string of the molecule is CC(CNC(=O)C(C)(C)CCl)Oc1cccc(Cl)c1Cl. The van der Waals surface area contributed by atoms with Crippen molar-refractivity contribution in [2.45, 2.75) is 26.9 Å². The van der Waals surface area contributed by atoms with Gasteiger partial charge >= 0.3 is 0 Å². The van der Waals surface area contributed by atoms with Gasteiger partial charge in [0.25, 0.3) is 0 Å². The molecule has 1 aromatic carbocycles. The van der Waals surface area contributed by atoms with E-state index in [1.165, 1.54) is 0 Å². The van der Waals surface area contributed by atoms with E-state index in [4.69, 9.17) is 39.5 Å². The Morgan fingerprint density at radius 3 is 2.65 bits per heavy atom. The van der Waals surface area contributed by atoms with E-state index >= 15 is 0 Å². The Balaban J connectivity index is 2.54. The summed E-state index contributed by atoms with van der Waals surface area (Å²) in [6, 6.07) is 5.17. The van der Waals surface area contributed by atoms with Crippen LogP contribution in [-0.2, 0) is 4.79 Å². The lowest BCUT2D eigenvalue weighted by molar-refractivity contribution is -0.128. The molecule has 1 amide bonds. The van der Waals surface area contributed by atoms with Crippen LogP contribution in [0.5, 0.6) is 5.75 Å². The summed E-state index contributed by atoms with van der Waals surface area (Å²) >= 11 is 17.7. The molecule has 3 nitrogen and oxygen atoms in total. The maximum absolute atomic E-state index is 11.9. The Morgan fingerprint density at radius 2 is 2.05 bits per heavy atom. The van der Waals surface area contributed by atoms with Crippen molar-refractivity contribution in [1.82, 2.24) is 5.32 Å². The van der Waals surface area contributed by atoms with E-state index in [0.717, 1.165) is 0 Å². The molecule has 0 bridgehead atoms. The van der Waals surface area contributed by atoms with Gasteiger partial charge in [-0.15, -0.1) is 11.6 Å². The number of alkyl halides is 1. The molecule has 6 heteroatoms. The fourth-order valence-corrected chi connectivity index (χ4v) is 1.83. The molecule has 0 spiro atoms. The van der Waals surface area contributed by atoms with Crippen LogP contribution >= 0.6 is 34.8 Å². The van der Waals surface area contributed by atoms with E-state index in [1.807, 2.05) is 6.92 Å². The number of ether oxygens (including phenoxy) is 1. The molecule has 0 aliphatic heterocycles. The maximum atomic E-state index is 11.9. The number of carbonyl (C=O) groups is 1. The molecule has 1 atom stereocenters. The molecule has 20 heavy (non-hydrogen) atoms. The third kappa shape index (κ3) is 4.72. The topological polar surface area (TPSA) is 38.3 Å². The number of rotatable bonds is 6. The molecule has 0 aliphatic carbocycles. The van der Waals surface area contributed by atoms with Gasteiger partial charge < -0.3 is 10.1 Å². The normalized spacial score (nSPS) is 12.9. The summed E-state index contributed by atoms with van der Waals surface area (Å²) in [5.74, 6) is 0.645. The van der Waals surface area contributed by atoms with Gasteiger partial charge in [-0.2, -0.15) is 0 Å². The molecule has 0 saturated heterocycles. The molecule has 0 fully saturated rings. The first-order chi connectivity index (χ1) is 9.27. The van der Waals surface area contributed by atoms with Gasteiger partial charge in [0.15, 0.2) is 0 Å². The van der Waals surface area contributed by atoms with Crippen LogP contribution in [0.2, 0.25) is 10.0 Å². The van der Waals surface area contributed by atoms with Crippen molar-refractivity contribution in [3.63, 3.8) is 0 Å². The van der Waals surface area contributed by atoms with Gasteiger partial charge in [-0.1, -0.05) is 29.3 Å². The van der Waals surface area contributed by atoms with Crippen molar-refractivity contribution in [1.29, 1.82) is 0 Å². The van der Waals surface area contributed by atoms with Crippen molar-refractivity contribution in [3.8, 4) is 5.75 Å². The van der Waals surface area contributed by atoms with Crippen molar-refractivity contribution in [2.24, 2.45) is 5.41 Å². The number of carbonyl (C=O) groups excluding carboxylic acids is 1. The molecule has 1 aromatic rings. The second-order valence-corrected chi connectivity index (χ2v) is 6.26. The third-order valence-corrected chi connectivity index (χ3v) is 4.21. The summed E-state index contributed by atoms with van der Waals surface area (Å²) < 4.78 is 5.66. The van der Waals surface area contributed by atoms with Crippen LogP contribution in [-0.4, -0.2) is 24.4 Å². The van der Waals surface area contributed by atoms with E-state index in [0.29, 0.717) is 22.3 Å². The Kier molecular flexibility index (Phi) is 6.44. The van der Waals surface area contributed by atoms with E-state index in [9.17, 15) is 4.79 Å². The summed E-state index contributed by atoms with van der Waals surface area (Å²) in [7, 11) is 0. The predicted molar refractivity (Wildman–Crippen MR) is 84.1 cm³/mol. The number of hydrogen-bond acceptors (Lipinski definition) is 2. The van der Waals surface area contributed by atoms with Crippen molar-refractivity contribution in [2.75, 3.05) is 12.4 Å². The van der Waals surface area contributed by atoms with Crippen molar-refractivity contribution in [3.05, 3.63) is 28.2 Å². The minimum Gasteiger partial charge on any atom is -0.487 e. The number of amides is 1. The van der Waals surface area contributed by atoms with Crippen molar-refractivity contribution >= 4 is 40.7 Å². The summed E-state index contributed by atoms with van der Waals surface area (Å²) in [5.41, 5.74) is -0.602. The number of hydrogen-bond donors (Lipinski definition) is 1. The van der Waals surface area contributed by atoms with E-state index in [1.54, 1.807) is 32.0 Å². The smallest absolute Gasteiger partial charge is 0.226 e. The van der Waals surface area contributed by atoms with E-state index < -0.39 is 5.41 Å². The zero-order valence-electron chi connectivity index (χ0n) is 11.7. The minimum atomic E-state index is -0.602. The highest BCUT2D eigenvalue weighted by Gasteiger charge is 2.26. The summed E-state index contributed by atoms with van der Waals surface area (Å²) in [4.78, 5) is 11.9. The lowest BCUT2D eigenvalue weighted by Gasteiger charge is -2.22. The van der Waals surface area contributed by atoms with Crippen LogP contribution in [0.4, 0.5) is 0 Å². The monoisotopic (exact) mass is 337 g/mol. The second-order valence-electron chi connectivity index (χ2n) is 5.21. The molecular weight excluding hydrogens is 321 g/mol. The number of benzene rings is 1. The van der Waals surface area contributed by atoms with Crippen LogP contribution in [0, 0.1) is 5.41 Å². The van der Waals surface area contributed by atoms with E-state index in [-0.39, 0.29) is 17.9 Å². The van der Waals surface area contributed by atoms with Gasteiger partial charge in [0.1, 0.15) is 16.9 Å². The van der Waals surface area contributed by atoms with Gasteiger partial charge in [-0.05, 0) is 32.9 Å². The Labute approximate surface area is 134 Å². The van der Waals surface area contributed by atoms with E-state index in [2.05, 4.69) is 5.32 Å². The first kappa shape index (κ1) is 17.4. The molecule has 1 rings (SSSR count). The Hall–Kier alpha value is -0.640. The fourth-order valence-electron chi connectivity index (χ4n) is 1.37. The Morgan fingerprint density at radius 1 is 1.40 bits per heavy atom. The predicted octanol–water partition coefficient (Wildman–Crippen LogP) is 4.14. The first-order valence-electron chi connectivity index (χ1n) is 6.23. The lowest BCUT2D eigenvalue weighted by Crippen LogP contribution is -2.42. The van der Waals surface area contributed by atoms with Crippen LogP contribution < -0.4 is 10.1 Å². The van der Waals surface area contributed by atoms with Gasteiger partial charge in [0.2, 0.25) is 5.91 Å². The van der Waals surface area contributed by atoms with Crippen LogP contribution in [0.3, 0.4) is 0 Å². The quantitative estimate of drug-likeness (QED) is 0.792. The first-order valence-corrected chi connectivity index (χ1v) is 7.52. The van der Waals surface area contributed by atoms with Crippen LogP contribution in [0.25, 0.3) is 0 Å². The standard InChI is InChI=1S/C14H18Cl3NO2/c1-9(7-18-13(19)14(2,3)8-15)20-11-6-4-5-10(16)12(11)17/h4-6,9H,7-8H2,1-3H3,(H,18,19). The highest BCUT2D eigenvalue weighted by atomic mass is 35.5. The largest absolute Gasteiger partial charge is 0.487 e. The molecule has 0 radical (unpaired) electrons. The third-order valence-electron chi connectivity index (χ3n) is 2.74. The average Bonchev–Trinajstić information content (AvgIpc) is 2.41. The summed E-state index contributed by atoms with van der Waals surface area (Å²) in [6.45, 7) is 5.77. The van der Waals surface area contributed by atoms with Gasteiger partial charge in [-0.25, -0.2) is 0 Å². The molecule has 0 heterocycles. The molecule has 112 valence electrons. The van der Waals surface area contributed by atoms with Crippen LogP contribution in [0.1, 0.15) is 20.8 Å². The fraction of sp³-hybridized carbons (Fsp3) is 0.500. The summed E-state index contributed by atoms with van der Waals surface area (Å²) in [6.07, 6.45) is -0.235. The highest BCUT2D eigenvalue weighted by molar-refractivity contribution is 6.42. The second kappa shape index (κ2) is 7.39. The molecular formula is C14H18Cl3NO2. The van der Waals surface area contributed by atoms with Gasteiger partial charge in [0.05, 0.1) is 17.0 Å². The Bertz CT molecular complexity index is 477. The molecule has 1 N–H and O–H groups in total. The van der Waals surface area contributed by atoms with Gasteiger partial charge in [-0.3, -0.25) is 4.79 Å².